The van der Waals surface area contributed by atoms with Gasteiger partial charge in [0, 0.05) is 25.2 Å². The van der Waals surface area contributed by atoms with Crippen molar-refractivity contribution >= 4 is 22.5 Å². The lowest BCUT2D eigenvalue weighted by atomic mass is 9.99. The van der Waals surface area contributed by atoms with Gasteiger partial charge < -0.3 is 19.6 Å². The average Bonchev–Trinajstić information content (AvgIpc) is 3.07. The van der Waals surface area contributed by atoms with E-state index in [9.17, 15) is 14.7 Å². The van der Waals surface area contributed by atoms with E-state index < -0.39 is 5.97 Å². The second kappa shape index (κ2) is 5.89. The minimum Gasteiger partial charge on any atom is -0.496 e. The fourth-order valence-corrected chi connectivity index (χ4v) is 3.40. The summed E-state index contributed by atoms with van der Waals surface area (Å²) >= 11 is 0. The van der Waals surface area contributed by atoms with E-state index in [4.69, 9.17) is 9.47 Å². The molecule has 2 N–H and O–H groups in total. The smallest absolute Gasteiger partial charge is 0.339 e. The molecule has 3 aromatic rings. The van der Waals surface area contributed by atoms with Crippen molar-refractivity contribution in [3.63, 3.8) is 0 Å². The Balaban J connectivity index is 2.05. The summed E-state index contributed by atoms with van der Waals surface area (Å²) in [7, 11) is 1.42. The molecular formula is C17H17N3O5. The number of aromatic nitrogens is 3. The monoisotopic (exact) mass is 343 g/mol. The van der Waals surface area contributed by atoms with Crippen LogP contribution in [0.5, 0.6) is 5.75 Å². The normalized spacial score (nSPS) is 15.7. The molecule has 25 heavy (non-hydrogen) atoms. The van der Waals surface area contributed by atoms with Crippen LogP contribution >= 0.6 is 0 Å². The highest BCUT2D eigenvalue weighted by Gasteiger charge is 2.23. The number of methoxy groups -OCH3 is 1. The van der Waals surface area contributed by atoms with E-state index in [0.717, 1.165) is 18.7 Å². The number of aromatic carboxylic acids is 1. The van der Waals surface area contributed by atoms with E-state index in [1.165, 1.54) is 13.2 Å². The predicted octanol–water partition coefficient (Wildman–Crippen LogP) is 1.78. The van der Waals surface area contributed by atoms with Gasteiger partial charge >= 0.3 is 5.97 Å². The standard InChI is InChI=1S/C17H17N3O5/c1-24-14-7-12-11(6-10(14)17(22)23)19-16(21)13-8-18-15(20(12)13)9-2-4-25-5-3-9/h6-9H,2-5H2,1H3,(H,19,21)(H,22,23). The summed E-state index contributed by atoms with van der Waals surface area (Å²) in [4.78, 5) is 31.0. The van der Waals surface area contributed by atoms with E-state index in [0.29, 0.717) is 29.8 Å². The van der Waals surface area contributed by atoms with Crippen molar-refractivity contribution in [3.8, 4) is 5.75 Å². The Hall–Kier alpha value is -2.87. The molecule has 0 aliphatic carbocycles. The van der Waals surface area contributed by atoms with Crippen LogP contribution in [0.25, 0.3) is 16.6 Å². The Bertz CT molecular complexity index is 1030. The van der Waals surface area contributed by atoms with Gasteiger partial charge in [-0.2, -0.15) is 0 Å². The number of rotatable bonds is 3. The van der Waals surface area contributed by atoms with Gasteiger partial charge in [0.2, 0.25) is 0 Å². The number of hydrogen-bond acceptors (Lipinski definition) is 5. The zero-order chi connectivity index (χ0) is 17.6. The molecule has 0 spiro atoms. The SMILES string of the molecule is COc1cc2c(cc1C(=O)O)[nH]c(=O)c1cnc(C3CCOCC3)n12. The van der Waals surface area contributed by atoms with Crippen LogP contribution in [0.4, 0.5) is 0 Å². The third-order valence-electron chi connectivity index (χ3n) is 4.65. The Morgan fingerprint density at radius 1 is 1.36 bits per heavy atom. The number of carboxylic acid groups (broad SMARTS) is 1. The van der Waals surface area contributed by atoms with Gasteiger partial charge in [0.05, 0.1) is 24.3 Å². The molecule has 0 bridgehead atoms. The number of imidazole rings is 1. The van der Waals surface area contributed by atoms with E-state index >= 15 is 0 Å². The number of hydrogen-bond donors (Lipinski definition) is 2. The molecule has 1 aliphatic heterocycles. The quantitative estimate of drug-likeness (QED) is 0.751. The first-order valence-corrected chi connectivity index (χ1v) is 8.02. The molecule has 1 saturated heterocycles. The Morgan fingerprint density at radius 3 is 2.80 bits per heavy atom. The number of fused-ring (bicyclic) bond motifs is 3. The second-order valence-corrected chi connectivity index (χ2v) is 6.05. The molecule has 130 valence electrons. The number of nitrogens with one attached hydrogen (secondary N) is 1. The van der Waals surface area contributed by atoms with E-state index in [2.05, 4.69) is 9.97 Å². The molecule has 4 rings (SSSR count). The van der Waals surface area contributed by atoms with Crippen molar-refractivity contribution < 1.29 is 19.4 Å². The molecule has 0 amide bonds. The summed E-state index contributed by atoms with van der Waals surface area (Å²) in [5, 5.41) is 9.35. The zero-order valence-electron chi connectivity index (χ0n) is 13.6. The van der Waals surface area contributed by atoms with Crippen molar-refractivity contribution in [1.29, 1.82) is 0 Å². The van der Waals surface area contributed by atoms with Gasteiger partial charge in [-0.1, -0.05) is 0 Å². The molecule has 8 heteroatoms. The van der Waals surface area contributed by atoms with Crippen LogP contribution in [-0.4, -0.2) is 45.8 Å². The van der Waals surface area contributed by atoms with Crippen LogP contribution in [0.2, 0.25) is 0 Å². The highest BCUT2D eigenvalue weighted by atomic mass is 16.5. The van der Waals surface area contributed by atoms with Gasteiger partial charge in [0.1, 0.15) is 22.7 Å². The number of benzene rings is 1. The highest BCUT2D eigenvalue weighted by Crippen LogP contribution is 2.30. The third kappa shape index (κ3) is 2.45. The van der Waals surface area contributed by atoms with E-state index in [-0.39, 0.29) is 22.8 Å². The summed E-state index contributed by atoms with van der Waals surface area (Å²) in [5.41, 5.74) is 1.22. The molecule has 0 saturated carbocycles. The summed E-state index contributed by atoms with van der Waals surface area (Å²) in [6.45, 7) is 1.32. The maximum atomic E-state index is 12.4. The highest BCUT2D eigenvalue weighted by molar-refractivity contribution is 5.96. The minimum atomic E-state index is -1.12. The molecular weight excluding hydrogens is 326 g/mol. The fraction of sp³-hybridized carbons (Fsp3) is 0.353. The Labute approximate surface area is 142 Å². The summed E-state index contributed by atoms with van der Waals surface area (Å²) in [6.07, 6.45) is 3.22. The maximum Gasteiger partial charge on any atom is 0.339 e. The van der Waals surface area contributed by atoms with Gasteiger partial charge in [-0.15, -0.1) is 0 Å². The Morgan fingerprint density at radius 2 is 2.12 bits per heavy atom. The van der Waals surface area contributed by atoms with Crippen LogP contribution in [-0.2, 0) is 4.74 Å². The number of nitrogens with zero attached hydrogens (tertiary/aromatic N) is 2. The zero-order valence-corrected chi connectivity index (χ0v) is 13.6. The number of aromatic amines is 1. The van der Waals surface area contributed by atoms with Gasteiger partial charge in [-0.25, -0.2) is 9.78 Å². The summed E-state index contributed by atoms with van der Waals surface area (Å²) in [5.74, 6) is 0.0980. The van der Waals surface area contributed by atoms with Gasteiger partial charge in [0.25, 0.3) is 5.56 Å². The van der Waals surface area contributed by atoms with Gasteiger partial charge in [-0.3, -0.25) is 9.20 Å². The molecule has 2 aromatic heterocycles. The first kappa shape index (κ1) is 15.6. The molecule has 0 unspecified atom stereocenters. The van der Waals surface area contributed by atoms with Crippen molar-refractivity contribution in [3.05, 3.63) is 40.1 Å². The van der Waals surface area contributed by atoms with Crippen LogP contribution in [0.15, 0.2) is 23.1 Å². The van der Waals surface area contributed by atoms with Crippen molar-refractivity contribution in [2.24, 2.45) is 0 Å². The molecule has 0 atom stereocenters. The largest absolute Gasteiger partial charge is 0.496 e. The summed E-state index contributed by atoms with van der Waals surface area (Å²) in [6, 6.07) is 3.05. The number of carbonyl (C=O) groups is 1. The third-order valence-corrected chi connectivity index (χ3v) is 4.65. The molecule has 3 heterocycles. The van der Waals surface area contributed by atoms with Crippen LogP contribution in [0.3, 0.4) is 0 Å². The van der Waals surface area contributed by atoms with Crippen molar-refractivity contribution in [2.75, 3.05) is 20.3 Å². The van der Waals surface area contributed by atoms with E-state index in [1.807, 2.05) is 0 Å². The molecule has 8 nitrogen and oxygen atoms in total. The Kier molecular flexibility index (Phi) is 3.69. The first-order chi connectivity index (χ1) is 12.1. The van der Waals surface area contributed by atoms with Gasteiger partial charge in [0.15, 0.2) is 0 Å². The van der Waals surface area contributed by atoms with E-state index in [1.54, 1.807) is 16.7 Å². The number of carboxylic acids is 1. The average molecular weight is 343 g/mol. The molecule has 0 radical (unpaired) electrons. The lowest BCUT2D eigenvalue weighted by Gasteiger charge is -2.21. The maximum absolute atomic E-state index is 12.4. The van der Waals surface area contributed by atoms with Crippen LogP contribution < -0.4 is 10.3 Å². The second-order valence-electron chi connectivity index (χ2n) is 6.05. The molecule has 1 aliphatic rings. The lowest BCUT2D eigenvalue weighted by molar-refractivity contribution is 0.0693. The van der Waals surface area contributed by atoms with Crippen molar-refractivity contribution in [1.82, 2.24) is 14.4 Å². The van der Waals surface area contributed by atoms with Crippen LogP contribution in [0, 0.1) is 0 Å². The topological polar surface area (TPSA) is 106 Å². The predicted molar refractivity (Wildman–Crippen MR) is 89.6 cm³/mol. The van der Waals surface area contributed by atoms with Gasteiger partial charge in [-0.05, 0) is 18.9 Å². The number of ether oxygens (including phenoxy) is 2. The first-order valence-electron chi connectivity index (χ1n) is 8.02. The van der Waals surface area contributed by atoms with Crippen molar-refractivity contribution in [2.45, 2.75) is 18.8 Å². The molecule has 1 aromatic carbocycles. The molecule has 1 fully saturated rings. The number of H-pyrrole nitrogens is 1. The summed E-state index contributed by atoms with van der Waals surface area (Å²) < 4.78 is 12.4. The fourth-order valence-electron chi connectivity index (χ4n) is 3.40. The minimum absolute atomic E-state index is 0.00210. The lowest BCUT2D eigenvalue weighted by Crippen LogP contribution is -2.18. The van der Waals surface area contributed by atoms with Crippen LogP contribution in [0.1, 0.15) is 34.9 Å².